The summed E-state index contributed by atoms with van der Waals surface area (Å²) in [5.74, 6) is 1.09. The molecular weight excluding hydrogens is 349 g/mol. The van der Waals surface area contributed by atoms with Crippen molar-refractivity contribution in [1.82, 2.24) is 4.90 Å². The van der Waals surface area contributed by atoms with E-state index < -0.39 is 0 Å². The van der Waals surface area contributed by atoms with Gasteiger partial charge in [0, 0.05) is 24.2 Å². The Morgan fingerprint density at radius 3 is 2.39 bits per heavy atom. The van der Waals surface area contributed by atoms with Crippen molar-refractivity contribution in [1.29, 1.82) is 0 Å². The van der Waals surface area contributed by atoms with Gasteiger partial charge in [-0.15, -0.1) is 0 Å². The first kappa shape index (κ1) is 20.9. The lowest BCUT2D eigenvalue weighted by Crippen LogP contribution is -2.43. The molecular formula is C25H34FNO. The second-order valence-corrected chi connectivity index (χ2v) is 8.74. The lowest BCUT2D eigenvalue weighted by molar-refractivity contribution is 0.0954. The molecule has 0 aromatic heterocycles. The molecule has 3 heteroatoms. The maximum Gasteiger partial charge on any atom is 0.131 e. The van der Waals surface area contributed by atoms with Gasteiger partial charge in [-0.25, -0.2) is 4.39 Å². The molecule has 0 spiro atoms. The van der Waals surface area contributed by atoms with Crippen LogP contribution in [-0.4, -0.2) is 24.1 Å². The highest BCUT2D eigenvalue weighted by molar-refractivity contribution is 5.70. The van der Waals surface area contributed by atoms with Gasteiger partial charge < -0.3 is 4.74 Å². The number of ether oxygens (including phenoxy) is 1. The van der Waals surface area contributed by atoms with Crippen LogP contribution in [0.25, 0.3) is 11.1 Å². The van der Waals surface area contributed by atoms with Crippen LogP contribution in [0.4, 0.5) is 4.39 Å². The van der Waals surface area contributed by atoms with E-state index in [4.69, 9.17) is 4.74 Å². The van der Waals surface area contributed by atoms with Crippen molar-refractivity contribution in [2.45, 2.75) is 72.0 Å². The van der Waals surface area contributed by atoms with Crippen LogP contribution in [0.1, 0.15) is 58.1 Å². The van der Waals surface area contributed by atoms with E-state index in [0.717, 1.165) is 18.5 Å². The number of likely N-dealkylation sites (tertiary alicyclic amines) is 1. The molecule has 3 rings (SSSR count). The maximum atomic E-state index is 14.7. The summed E-state index contributed by atoms with van der Waals surface area (Å²) >= 11 is 0. The molecule has 1 heterocycles. The van der Waals surface area contributed by atoms with Gasteiger partial charge in [-0.3, -0.25) is 4.90 Å². The summed E-state index contributed by atoms with van der Waals surface area (Å²) in [6.45, 7) is 9.98. The summed E-state index contributed by atoms with van der Waals surface area (Å²) in [6.07, 6.45) is 4.81. The van der Waals surface area contributed by atoms with Crippen LogP contribution in [0.15, 0.2) is 36.4 Å². The zero-order valence-corrected chi connectivity index (χ0v) is 18.0. The largest absolute Gasteiger partial charge is 0.497 e. The van der Waals surface area contributed by atoms with Crippen LogP contribution in [0.3, 0.4) is 0 Å². The smallest absolute Gasteiger partial charge is 0.131 e. The molecule has 1 saturated heterocycles. The standard InChI is InChI=1S/C25H34FNO/c1-17(2)13-20-9-11-23(24-15-22(28-5)10-12-25(24)26)21(14-20)16-27-18(3)7-6-8-19(27)4/h9-12,14-15,17-19H,6-8,13,16H2,1-5H3/t18-,19+. The van der Waals surface area contributed by atoms with E-state index in [2.05, 4.69) is 50.8 Å². The summed E-state index contributed by atoms with van der Waals surface area (Å²) in [5, 5.41) is 0. The van der Waals surface area contributed by atoms with Crippen molar-refractivity contribution >= 4 is 0 Å². The normalized spacial score (nSPS) is 20.5. The van der Waals surface area contributed by atoms with Gasteiger partial charge in [0.2, 0.25) is 0 Å². The van der Waals surface area contributed by atoms with Crippen molar-refractivity contribution < 1.29 is 9.13 Å². The number of halogens is 1. The van der Waals surface area contributed by atoms with Gasteiger partial charge in [0.25, 0.3) is 0 Å². The van der Waals surface area contributed by atoms with E-state index in [0.29, 0.717) is 29.3 Å². The van der Waals surface area contributed by atoms with Gasteiger partial charge in [-0.05, 0) is 73.9 Å². The Morgan fingerprint density at radius 1 is 1.04 bits per heavy atom. The molecule has 2 atom stereocenters. The molecule has 2 nitrogen and oxygen atoms in total. The molecule has 0 aliphatic carbocycles. The van der Waals surface area contributed by atoms with Gasteiger partial charge in [0.15, 0.2) is 0 Å². The molecule has 28 heavy (non-hydrogen) atoms. The fourth-order valence-corrected chi connectivity index (χ4v) is 4.46. The quantitative estimate of drug-likeness (QED) is 0.567. The molecule has 2 aromatic rings. The van der Waals surface area contributed by atoms with Gasteiger partial charge in [0.1, 0.15) is 11.6 Å². The third kappa shape index (κ3) is 4.75. The first-order chi connectivity index (χ1) is 13.4. The zero-order chi connectivity index (χ0) is 20.3. The Bertz CT molecular complexity index is 791. The summed E-state index contributed by atoms with van der Waals surface area (Å²) in [7, 11) is 1.63. The van der Waals surface area contributed by atoms with Crippen molar-refractivity contribution in [2.75, 3.05) is 7.11 Å². The SMILES string of the molecule is COc1ccc(F)c(-c2ccc(CC(C)C)cc2CN2[C@H](C)CCC[C@@H]2C)c1. The van der Waals surface area contributed by atoms with Crippen LogP contribution >= 0.6 is 0 Å². The topological polar surface area (TPSA) is 12.5 Å². The maximum absolute atomic E-state index is 14.7. The highest BCUT2D eigenvalue weighted by Crippen LogP contribution is 2.33. The van der Waals surface area contributed by atoms with Gasteiger partial charge in [-0.1, -0.05) is 38.5 Å². The number of hydrogen-bond donors (Lipinski definition) is 0. The minimum Gasteiger partial charge on any atom is -0.497 e. The van der Waals surface area contributed by atoms with E-state index >= 15 is 0 Å². The Balaban J connectivity index is 2.04. The van der Waals surface area contributed by atoms with Crippen LogP contribution in [0.5, 0.6) is 5.75 Å². The minimum absolute atomic E-state index is 0.196. The van der Waals surface area contributed by atoms with Gasteiger partial charge in [-0.2, -0.15) is 0 Å². The van der Waals surface area contributed by atoms with Crippen molar-refractivity contribution in [2.24, 2.45) is 5.92 Å². The molecule has 1 aliphatic heterocycles. The first-order valence-corrected chi connectivity index (χ1v) is 10.6. The third-order valence-corrected chi connectivity index (χ3v) is 6.01. The Hall–Kier alpha value is -1.87. The van der Waals surface area contributed by atoms with E-state index in [9.17, 15) is 4.39 Å². The fraction of sp³-hybridized carbons (Fsp3) is 0.520. The van der Waals surface area contributed by atoms with E-state index in [1.807, 2.05) is 6.07 Å². The molecule has 2 aromatic carbocycles. The average molecular weight is 384 g/mol. The number of benzene rings is 2. The third-order valence-electron chi connectivity index (χ3n) is 6.01. The monoisotopic (exact) mass is 383 g/mol. The lowest BCUT2D eigenvalue weighted by atomic mass is 9.91. The molecule has 0 N–H and O–H groups in total. The zero-order valence-electron chi connectivity index (χ0n) is 18.0. The molecule has 0 radical (unpaired) electrons. The number of nitrogens with zero attached hydrogens (tertiary/aromatic N) is 1. The van der Waals surface area contributed by atoms with Crippen molar-refractivity contribution in [3.63, 3.8) is 0 Å². The number of hydrogen-bond acceptors (Lipinski definition) is 2. The van der Waals surface area contributed by atoms with Crippen molar-refractivity contribution in [3.8, 4) is 16.9 Å². The molecule has 0 saturated carbocycles. The van der Waals surface area contributed by atoms with E-state index in [-0.39, 0.29) is 5.82 Å². The second kappa shape index (κ2) is 9.09. The lowest BCUT2D eigenvalue weighted by Gasteiger charge is -2.39. The van der Waals surface area contributed by atoms with Gasteiger partial charge in [0.05, 0.1) is 7.11 Å². The number of piperidine rings is 1. The summed E-state index contributed by atoms with van der Waals surface area (Å²) in [5.41, 5.74) is 4.15. The molecule has 0 amide bonds. The average Bonchev–Trinajstić information content (AvgIpc) is 2.65. The van der Waals surface area contributed by atoms with Crippen LogP contribution < -0.4 is 4.74 Å². The molecule has 152 valence electrons. The van der Waals surface area contributed by atoms with E-state index in [1.54, 1.807) is 13.2 Å². The van der Waals surface area contributed by atoms with E-state index in [1.165, 1.54) is 36.5 Å². The Labute approximate surface area is 169 Å². The highest BCUT2D eigenvalue weighted by Gasteiger charge is 2.26. The predicted octanol–water partition coefficient (Wildman–Crippen LogP) is 6.46. The van der Waals surface area contributed by atoms with Crippen molar-refractivity contribution in [3.05, 3.63) is 53.3 Å². The number of rotatable bonds is 6. The van der Waals surface area contributed by atoms with Gasteiger partial charge >= 0.3 is 0 Å². The highest BCUT2D eigenvalue weighted by atomic mass is 19.1. The molecule has 0 unspecified atom stereocenters. The Morgan fingerprint density at radius 2 is 1.75 bits per heavy atom. The molecule has 1 fully saturated rings. The Kier molecular flexibility index (Phi) is 6.77. The fourth-order valence-electron chi connectivity index (χ4n) is 4.46. The summed E-state index contributed by atoms with van der Waals surface area (Å²) in [6, 6.07) is 12.7. The second-order valence-electron chi connectivity index (χ2n) is 8.74. The van der Waals surface area contributed by atoms with Crippen LogP contribution in [0, 0.1) is 11.7 Å². The first-order valence-electron chi connectivity index (χ1n) is 10.6. The molecule has 1 aliphatic rings. The van der Waals surface area contributed by atoms with Crippen LogP contribution in [-0.2, 0) is 13.0 Å². The molecule has 0 bridgehead atoms. The number of methoxy groups -OCH3 is 1. The van der Waals surface area contributed by atoms with Crippen LogP contribution in [0.2, 0.25) is 0 Å². The summed E-state index contributed by atoms with van der Waals surface area (Å²) < 4.78 is 20.1. The summed E-state index contributed by atoms with van der Waals surface area (Å²) in [4.78, 5) is 2.58. The predicted molar refractivity (Wildman–Crippen MR) is 115 cm³/mol. The minimum atomic E-state index is -0.196.